The van der Waals surface area contributed by atoms with Crippen LogP contribution >= 0.6 is 27.5 Å². The van der Waals surface area contributed by atoms with Gasteiger partial charge < -0.3 is 4.74 Å². The molecule has 2 aromatic carbocycles. The summed E-state index contributed by atoms with van der Waals surface area (Å²) in [6.07, 6.45) is 0.991. The van der Waals surface area contributed by atoms with Gasteiger partial charge in [0.15, 0.2) is 6.61 Å². The Labute approximate surface area is 155 Å². The molecular weight excluding hydrogens is 392 g/mol. The van der Waals surface area contributed by atoms with E-state index in [1.165, 1.54) is 5.56 Å². The van der Waals surface area contributed by atoms with Crippen LogP contribution < -0.4 is 10.2 Å². The first-order chi connectivity index (χ1) is 11.5. The number of benzene rings is 2. The zero-order chi connectivity index (χ0) is 17.5. The maximum Gasteiger partial charge on any atom is 0.277 e. The lowest BCUT2D eigenvalue weighted by Crippen LogP contribution is -2.25. The van der Waals surface area contributed by atoms with Crippen molar-refractivity contribution in [1.29, 1.82) is 0 Å². The molecule has 0 aliphatic rings. The molecule has 0 fully saturated rings. The number of hydrazone groups is 1. The maximum absolute atomic E-state index is 11.8. The van der Waals surface area contributed by atoms with Crippen molar-refractivity contribution >= 4 is 39.1 Å². The molecule has 0 unspecified atom stereocenters. The van der Waals surface area contributed by atoms with E-state index in [1.807, 2.05) is 19.1 Å². The summed E-state index contributed by atoms with van der Waals surface area (Å²) in [5, 5.41) is 4.69. The molecule has 2 aromatic rings. The van der Waals surface area contributed by atoms with Crippen LogP contribution in [0.1, 0.15) is 25.0 Å². The van der Waals surface area contributed by atoms with Crippen LogP contribution in [-0.2, 0) is 11.2 Å². The van der Waals surface area contributed by atoms with E-state index in [1.54, 1.807) is 18.2 Å². The Morgan fingerprint density at radius 1 is 1.25 bits per heavy atom. The van der Waals surface area contributed by atoms with Gasteiger partial charge in [-0.25, -0.2) is 5.43 Å². The second-order valence-electron chi connectivity index (χ2n) is 5.15. The van der Waals surface area contributed by atoms with Crippen molar-refractivity contribution in [2.75, 3.05) is 6.61 Å². The van der Waals surface area contributed by atoms with Crippen LogP contribution in [0.4, 0.5) is 0 Å². The van der Waals surface area contributed by atoms with E-state index in [-0.39, 0.29) is 12.5 Å². The van der Waals surface area contributed by atoms with Crippen LogP contribution in [-0.4, -0.2) is 18.2 Å². The Balaban J connectivity index is 1.89. The van der Waals surface area contributed by atoms with E-state index in [0.717, 1.165) is 17.7 Å². The van der Waals surface area contributed by atoms with Gasteiger partial charge in [0.05, 0.1) is 10.2 Å². The lowest BCUT2D eigenvalue weighted by Gasteiger charge is -2.08. The number of carbonyl (C=O) groups is 1. The van der Waals surface area contributed by atoms with Gasteiger partial charge in [0.1, 0.15) is 5.75 Å². The first-order valence-corrected chi connectivity index (χ1v) is 8.67. The van der Waals surface area contributed by atoms with E-state index in [0.29, 0.717) is 15.2 Å². The molecule has 126 valence electrons. The van der Waals surface area contributed by atoms with Gasteiger partial charge in [0, 0.05) is 5.02 Å². The summed E-state index contributed by atoms with van der Waals surface area (Å²) in [4.78, 5) is 11.8. The fourth-order valence-electron chi connectivity index (χ4n) is 1.96. The molecule has 0 aromatic heterocycles. The molecule has 0 saturated heterocycles. The molecule has 0 atom stereocenters. The van der Waals surface area contributed by atoms with Crippen molar-refractivity contribution in [2.45, 2.75) is 20.3 Å². The number of aryl methyl sites for hydroxylation is 1. The molecule has 1 N–H and O–H groups in total. The number of hydrogen-bond donors (Lipinski definition) is 1. The highest BCUT2D eigenvalue weighted by Gasteiger charge is 2.06. The molecule has 0 aliphatic heterocycles. The van der Waals surface area contributed by atoms with Crippen molar-refractivity contribution in [1.82, 2.24) is 5.43 Å². The van der Waals surface area contributed by atoms with Gasteiger partial charge in [-0.1, -0.05) is 42.8 Å². The third kappa shape index (κ3) is 5.35. The summed E-state index contributed by atoms with van der Waals surface area (Å²) in [7, 11) is 0. The predicted molar refractivity (Wildman–Crippen MR) is 101 cm³/mol. The van der Waals surface area contributed by atoms with Crippen molar-refractivity contribution in [3.05, 3.63) is 63.1 Å². The molecule has 0 heterocycles. The van der Waals surface area contributed by atoms with Crippen LogP contribution in [0.25, 0.3) is 0 Å². The summed E-state index contributed by atoms with van der Waals surface area (Å²) in [6.45, 7) is 3.82. The second-order valence-corrected chi connectivity index (χ2v) is 6.44. The van der Waals surface area contributed by atoms with Gasteiger partial charge in [-0.2, -0.15) is 5.10 Å². The molecular formula is C18H18BrClN2O2. The van der Waals surface area contributed by atoms with Crippen molar-refractivity contribution < 1.29 is 9.53 Å². The molecule has 6 heteroatoms. The minimum Gasteiger partial charge on any atom is -0.483 e. The molecule has 4 nitrogen and oxygen atoms in total. The highest BCUT2D eigenvalue weighted by Crippen LogP contribution is 2.27. The minimum absolute atomic E-state index is 0.133. The fourth-order valence-corrected chi connectivity index (χ4v) is 2.76. The number of halogens is 2. The number of hydrogen-bond acceptors (Lipinski definition) is 3. The van der Waals surface area contributed by atoms with Gasteiger partial charge >= 0.3 is 0 Å². The lowest BCUT2D eigenvalue weighted by molar-refractivity contribution is -0.123. The summed E-state index contributed by atoms with van der Waals surface area (Å²) in [6, 6.07) is 13.2. The molecule has 2 rings (SSSR count). The summed E-state index contributed by atoms with van der Waals surface area (Å²) in [5.41, 5.74) is 5.46. The molecule has 1 amide bonds. The smallest absolute Gasteiger partial charge is 0.277 e. The topological polar surface area (TPSA) is 50.7 Å². The number of carbonyl (C=O) groups excluding carboxylic acids is 1. The summed E-state index contributed by atoms with van der Waals surface area (Å²) < 4.78 is 6.13. The Morgan fingerprint density at radius 2 is 1.96 bits per heavy atom. The number of ether oxygens (including phenoxy) is 1. The number of nitrogens with one attached hydrogen (secondary N) is 1. The maximum atomic E-state index is 11.8. The van der Waals surface area contributed by atoms with Crippen LogP contribution in [0.15, 0.2) is 52.0 Å². The highest BCUT2D eigenvalue weighted by molar-refractivity contribution is 9.10. The fraction of sp³-hybridized carbons (Fsp3) is 0.222. The monoisotopic (exact) mass is 408 g/mol. The Morgan fingerprint density at radius 3 is 2.58 bits per heavy atom. The van der Waals surface area contributed by atoms with Gasteiger partial charge in [-0.3, -0.25) is 4.79 Å². The molecule has 0 spiro atoms. The third-order valence-corrected chi connectivity index (χ3v) is 4.24. The average molecular weight is 410 g/mol. The quantitative estimate of drug-likeness (QED) is 0.560. The SMILES string of the molecule is CCc1ccc(C(C)=NNC(=O)COc2ccc(Cl)cc2Br)cc1. The van der Waals surface area contributed by atoms with Gasteiger partial charge in [-0.15, -0.1) is 0 Å². The first-order valence-electron chi connectivity index (χ1n) is 7.50. The number of rotatable bonds is 6. The van der Waals surface area contributed by atoms with Gasteiger partial charge in [0.2, 0.25) is 0 Å². The van der Waals surface area contributed by atoms with E-state index in [9.17, 15) is 4.79 Å². The Bertz CT molecular complexity index is 745. The molecule has 0 saturated carbocycles. The van der Waals surface area contributed by atoms with E-state index in [4.69, 9.17) is 16.3 Å². The zero-order valence-electron chi connectivity index (χ0n) is 13.5. The van der Waals surface area contributed by atoms with Gasteiger partial charge in [-0.05, 0) is 58.6 Å². The number of nitrogens with zero attached hydrogens (tertiary/aromatic N) is 1. The minimum atomic E-state index is -0.332. The average Bonchev–Trinajstić information content (AvgIpc) is 2.59. The Kier molecular flexibility index (Phi) is 6.82. The van der Waals surface area contributed by atoms with E-state index < -0.39 is 0 Å². The molecule has 0 aliphatic carbocycles. The van der Waals surface area contributed by atoms with Crippen molar-refractivity contribution in [2.24, 2.45) is 5.10 Å². The third-order valence-electron chi connectivity index (χ3n) is 3.38. The highest BCUT2D eigenvalue weighted by atomic mass is 79.9. The van der Waals surface area contributed by atoms with Gasteiger partial charge in [0.25, 0.3) is 5.91 Å². The molecule has 0 bridgehead atoms. The van der Waals surface area contributed by atoms with Crippen LogP contribution in [0, 0.1) is 0 Å². The van der Waals surface area contributed by atoms with Crippen LogP contribution in [0.2, 0.25) is 5.02 Å². The molecule has 0 radical (unpaired) electrons. The standard InChI is InChI=1S/C18H18BrClN2O2/c1-3-13-4-6-14(7-5-13)12(2)21-22-18(23)11-24-17-9-8-15(20)10-16(17)19/h4-10H,3,11H2,1-2H3,(H,22,23). The van der Waals surface area contributed by atoms with Crippen LogP contribution in [0.5, 0.6) is 5.75 Å². The van der Waals surface area contributed by atoms with E-state index in [2.05, 4.69) is 45.5 Å². The summed E-state index contributed by atoms with van der Waals surface area (Å²) >= 11 is 9.19. The lowest BCUT2D eigenvalue weighted by atomic mass is 10.1. The molecule has 24 heavy (non-hydrogen) atoms. The zero-order valence-corrected chi connectivity index (χ0v) is 15.8. The first kappa shape index (κ1) is 18.5. The normalized spacial score (nSPS) is 11.2. The summed E-state index contributed by atoms with van der Waals surface area (Å²) in [5.74, 6) is 0.215. The van der Waals surface area contributed by atoms with Crippen molar-refractivity contribution in [3.8, 4) is 5.75 Å². The predicted octanol–water partition coefficient (Wildman–Crippen LogP) is 4.58. The van der Waals surface area contributed by atoms with E-state index >= 15 is 0 Å². The van der Waals surface area contributed by atoms with Crippen LogP contribution in [0.3, 0.4) is 0 Å². The number of amides is 1. The van der Waals surface area contributed by atoms with Crippen molar-refractivity contribution in [3.63, 3.8) is 0 Å². The Hall–Kier alpha value is -1.85. The second kappa shape index (κ2) is 8.85. The largest absolute Gasteiger partial charge is 0.483 e.